The third kappa shape index (κ3) is 3.27. The van der Waals surface area contributed by atoms with Crippen LogP contribution in [0.15, 0.2) is 30.3 Å². The van der Waals surface area contributed by atoms with E-state index in [0.29, 0.717) is 16.6 Å². The van der Waals surface area contributed by atoms with Gasteiger partial charge in [-0.25, -0.2) is 4.98 Å². The number of hydrogen-bond acceptors (Lipinski definition) is 5. The Balaban J connectivity index is 2.10. The Morgan fingerprint density at radius 3 is 2.75 bits per heavy atom. The van der Waals surface area contributed by atoms with Gasteiger partial charge in [0.1, 0.15) is 10.7 Å². The quantitative estimate of drug-likeness (QED) is 0.887. The van der Waals surface area contributed by atoms with Gasteiger partial charge in [-0.15, -0.1) is 0 Å². The first-order valence-electron chi connectivity index (χ1n) is 6.41. The average Bonchev–Trinajstić information content (AvgIpc) is 2.80. The number of rotatable bonds is 5. The molecule has 2 aromatic rings. The van der Waals surface area contributed by atoms with Gasteiger partial charge in [0.15, 0.2) is 5.13 Å². The second kappa shape index (κ2) is 6.38. The normalized spacial score (nSPS) is 10.3. The lowest BCUT2D eigenvalue weighted by Gasteiger charge is -2.16. The zero-order valence-corrected chi connectivity index (χ0v) is 12.4. The van der Waals surface area contributed by atoms with Gasteiger partial charge in [0, 0.05) is 20.1 Å². The molecule has 0 unspecified atom stereocenters. The molecule has 20 heavy (non-hydrogen) atoms. The van der Waals surface area contributed by atoms with E-state index in [9.17, 15) is 4.79 Å². The molecule has 0 aliphatic rings. The Bertz CT molecular complexity index is 582. The number of aromatic nitrogens is 1. The van der Waals surface area contributed by atoms with E-state index in [1.807, 2.05) is 37.3 Å². The first kappa shape index (κ1) is 14.3. The third-order valence-corrected chi connectivity index (χ3v) is 3.80. The lowest BCUT2D eigenvalue weighted by atomic mass is 10.2. The highest BCUT2D eigenvalue weighted by molar-refractivity contribution is 7.18. The molecule has 0 saturated heterocycles. The largest absolute Gasteiger partial charge is 0.382 e. The molecule has 0 aliphatic carbocycles. The number of hydrogen-bond donors (Lipinski definition) is 2. The number of nitrogen functional groups attached to an aromatic ring is 1. The number of nitrogens with one attached hydrogen (secondary N) is 1. The number of carbonyl (C=O) groups excluding carboxylic acids is 1. The van der Waals surface area contributed by atoms with E-state index < -0.39 is 0 Å². The van der Waals surface area contributed by atoms with Gasteiger partial charge in [0.05, 0.1) is 0 Å². The van der Waals surface area contributed by atoms with Gasteiger partial charge >= 0.3 is 0 Å². The van der Waals surface area contributed by atoms with Crippen LogP contribution in [0, 0.1) is 0 Å². The number of benzene rings is 1. The highest BCUT2D eigenvalue weighted by atomic mass is 32.1. The van der Waals surface area contributed by atoms with Crippen LogP contribution in [-0.2, 0) is 6.54 Å². The van der Waals surface area contributed by atoms with Crippen LogP contribution in [0.5, 0.6) is 0 Å². The highest BCUT2D eigenvalue weighted by Gasteiger charge is 2.19. The van der Waals surface area contributed by atoms with E-state index in [2.05, 4.69) is 10.3 Å². The summed E-state index contributed by atoms with van der Waals surface area (Å²) in [6, 6.07) is 9.85. The predicted octanol–water partition coefficient (Wildman–Crippen LogP) is 2.43. The van der Waals surface area contributed by atoms with E-state index in [-0.39, 0.29) is 11.7 Å². The van der Waals surface area contributed by atoms with Crippen molar-refractivity contribution in [2.45, 2.75) is 13.5 Å². The molecular weight excluding hydrogens is 272 g/mol. The fourth-order valence-corrected chi connectivity index (χ4v) is 2.76. The number of nitrogens with two attached hydrogens (primary N) is 1. The van der Waals surface area contributed by atoms with Gasteiger partial charge in [-0.3, -0.25) is 4.79 Å². The van der Waals surface area contributed by atoms with E-state index in [0.717, 1.165) is 12.1 Å². The average molecular weight is 290 g/mol. The van der Waals surface area contributed by atoms with Crippen LogP contribution in [-0.4, -0.2) is 29.4 Å². The van der Waals surface area contributed by atoms with Gasteiger partial charge in [0.25, 0.3) is 5.91 Å². The molecule has 0 radical (unpaired) electrons. The van der Waals surface area contributed by atoms with Crippen LogP contribution >= 0.6 is 11.3 Å². The van der Waals surface area contributed by atoms with Crippen molar-refractivity contribution in [1.29, 1.82) is 0 Å². The SMILES string of the molecule is CCNc1nc(N)c(C(=O)N(C)Cc2ccccc2)s1. The van der Waals surface area contributed by atoms with Gasteiger partial charge in [-0.2, -0.15) is 0 Å². The number of nitrogens with zero attached hydrogens (tertiary/aromatic N) is 2. The standard InChI is InChI=1S/C14H18N4OS/c1-3-16-14-17-12(15)11(20-14)13(19)18(2)9-10-7-5-4-6-8-10/h4-8H,3,9,15H2,1-2H3,(H,16,17). The minimum atomic E-state index is -0.104. The Hall–Kier alpha value is -2.08. The van der Waals surface area contributed by atoms with Crippen molar-refractivity contribution in [3.05, 3.63) is 40.8 Å². The smallest absolute Gasteiger partial charge is 0.267 e. The maximum absolute atomic E-state index is 12.4. The summed E-state index contributed by atoms with van der Waals surface area (Å²) in [6.45, 7) is 3.27. The molecule has 0 spiro atoms. The van der Waals surface area contributed by atoms with Crippen LogP contribution < -0.4 is 11.1 Å². The molecule has 0 saturated carbocycles. The van der Waals surface area contributed by atoms with E-state index in [4.69, 9.17) is 5.73 Å². The molecule has 1 heterocycles. The van der Waals surface area contributed by atoms with E-state index >= 15 is 0 Å². The maximum Gasteiger partial charge on any atom is 0.267 e. The molecular formula is C14H18N4OS. The van der Waals surface area contributed by atoms with Gasteiger partial charge in [0.2, 0.25) is 0 Å². The lowest BCUT2D eigenvalue weighted by molar-refractivity contribution is 0.0790. The molecule has 3 N–H and O–H groups in total. The highest BCUT2D eigenvalue weighted by Crippen LogP contribution is 2.26. The van der Waals surface area contributed by atoms with Crippen molar-refractivity contribution in [3.63, 3.8) is 0 Å². The zero-order chi connectivity index (χ0) is 14.5. The fourth-order valence-electron chi connectivity index (χ4n) is 1.81. The molecule has 1 aromatic heterocycles. The molecule has 0 bridgehead atoms. The van der Waals surface area contributed by atoms with E-state index in [1.165, 1.54) is 11.3 Å². The molecule has 6 heteroatoms. The summed E-state index contributed by atoms with van der Waals surface area (Å²) >= 11 is 1.29. The summed E-state index contributed by atoms with van der Waals surface area (Å²) in [6.07, 6.45) is 0. The van der Waals surface area contributed by atoms with E-state index in [1.54, 1.807) is 11.9 Å². The Morgan fingerprint density at radius 2 is 2.10 bits per heavy atom. The lowest BCUT2D eigenvalue weighted by Crippen LogP contribution is -2.26. The zero-order valence-electron chi connectivity index (χ0n) is 11.6. The Kier molecular flexibility index (Phi) is 4.57. The first-order chi connectivity index (χ1) is 9.61. The molecule has 5 nitrogen and oxygen atoms in total. The van der Waals surface area contributed by atoms with Crippen molar-refractivity contribution < 1.29 is 4.79 Å². The number of amides is 1. The van der Waals surface area contributed by atoms with Crippen molar-refractivity contribution in [1.82, 2.24) is 9.88 Å². The second-order valence-corrected chi connectivity index (χ2v) is 5.41. The molecule has 0 atom stereocenters. The molecule has 2 rings (SSSR count). The summed E-state index contributed by atoms with van der Waals surface area (Å²) < 4.78 is 0. The summed E-state index contributed by atoms with van der Waals surface area (Å²) in [7, 11) is 1.77. The first-order valence-corrected chi connectivity index (χ1v) is 7.23. The monoisotopic (exact) mass is 290 g/mol. The molecule has 0 fully saturated rings. The molecule has 106 valence electrons. The van der Waals surface area contributed by atoms with Crippen molar-refractivity contribution >= 4 is 28.2 Å². The Morgan fingerprint density at radius 1 is 1.40 bits per heavy atom. The third-order valence-electron chi connectivity index (χ3n) is 2.78. The fraction of sp³-hybridized carbons (Fsp3) is 0.286. The van der Waals surface area contributed by atoms with Crippen LogP contribution in [0.1, 0.15) is 22.2 Å². The van der Waals surface area contributed by atoms with Gasteiger partial charge < -0.3 is 16.0 Å². The topological polar surface area (TPSA) is 71.2 Å². The predicted molar refractivity (Wildman–Crippen MR) is 82.9 cm³/mol. The van der Waals surface area contributed by atoms with Crippen molar-refractivity contribution in [3.8, 4) is 0 Å². The minimum Gasteiger partial charge on any atom is -0.382 e. The molecule has 1 amide bonds. The molecule has 0 aliphatic heterocycles. The van der Waals surface area contributed by atoms with Crippen LogP contribution in [0.2, 0.25) is 0 Å². The summed E-state index contributed by atoms with van der Waals surface area (Å²) in [4.78, 5) is 18.7. The summed E-state index contributed by atoms with van der Waals surface area (Å²) in [5, 5.41) is 3.75. The summed E-state index contributed by atoms with van der Waals surface area (Å²) in [5.41, 5.74) is 6.90. The van der Waals surface area contributed by atoms with Gasteiger partial charge in [-0.05, 0) is 12.5 Å². The van der Waals surface area contributed by atoms with Crippen LogP contribution in [0.25, 0.3) is 0 Å². The number of anilines is 2. The van der Waals surface area contributed by atoms with Crippen LogP contribution in [0.3, 0.4) is 0 Å². The van der Waals surface area contributed by atoms with Crippen molar-refractivity contribution in [2.75, 3.05) is 24.6 Å². The summed E-state index contributed by atoms with van der Waals surface area (Å²) in [5.74, 6) is 0.184. The van der Waals surface area contributed by atoms with Crippen molar-refractivity contribution in [2.24, 2.45) is 0 Å². The second-order valence-electron chi connectivity index (χ2n) is 4.41. The minimum absolute atomic E-state index is 0.104. The number of thiazole rings is 1. The van der Waals surface area contributed by atoms with Gasteiger partial charge in [-0.1, -0.05) is 41.7 Å². The maximum atomic E-state index is 12.4. The Labute approximate surface area is 122 Å². The van der Waals surface area contributed by atoms with Crippen LogP contribution in [0.4, 0.5) is 10.9 Å². The molecule has 1 aromatic carbocycles. The number of carbonyl (C=O) groups is 1.